The summed E-state index contributed by atoms with van der Waals surface area (Å²) >= 11 is 0.954. The largest absolute Gasteiger partial charge is 0.493 e. The molecule has 36 heavy (non-hydrogen) atoms. The van der Waals surface area contributed by atoms with Gasteiger partial charge in [0.15, 0.2) is 11.5 Å². The van der Waals surface area contributed by atoms with E-state index in [0.717, 1.165) is 44.8 Å². The van der Waals surface area contributed by atoms with E-state index in [1.807, 2.05) is 67.6 Å². The van der Waals surface area contributed by atoms with Crippen molar-refractivity contribution in [1.82, 2.24) is 4.90 Å². The maximum absolute atomic E-state index is 13.0. The highest BCUT2D eigenvalue weighted by Gasteiger charge is 2.35. The van der Waals surface area contributed by atoms with Gasteiger partial charge in [-0.3, -0.25) is 14.5 Å². The van der Waals surface area contributed by atoms with Gasteiger partial charge in [-0.15, -0.1) is 0 Å². The third-order valence-electron chi connectivity index (χ3n) is 6.21. The summed E-state index contributed by atoms with van der Waals surface area (Å²) in [7, 11) is 1.58. The number of methoxy groups -OCH3 is 1. The molecule has 0 spiro atoms. The van der Waals surface area contributed by atoms with Gasteiger partial charge in [0.25, 0.3) is 11.1 Å². The molecule has 1 aliphatic heterocycles. The molecule has 4 aromatic carbocycles. The highest BCUT2D eigenvalue weighted by molar-refractivity contribution is 8.18. The Bertz CT molecular complexity index is 1490. The van der Waals surface area contributed by atoms with Gasteiger partial charge in [-0.1, -0.05) is 72.8 Å². The molecule has 0 bridgehead atoms. The summed E-state index contributed by atoms with van der Waals surface area (Å²) in [4.78, 5) is 27.2. The van der Waals surface area contributed by atoms with Crippen LogP contribution < -0.4 is 9.47 Å². The van der Waals surface area contributed by atoms with E-state index in [9.17, 15) is 9.59 Å². The van der Waals surface area contributed by atoms with Gasteiger partial charge in [0.05, 0.1) is 18.6 Å². The van der Waals surface area contributed by atoms with Crippen LogP contribution >= 0.6 is 11.8 Å². The third kappa shape index (κ3) is 4.86. The van der Waals surface area contributed by atoms with Gasteiger partial charge < -0.3 is 9.47 Å². The second-order valence-corrected chi connectivity index (χ2v) is 9.52. The third-order valence-corrected chi connectivity index (χ3v) is 7.12. The SMILES string of the molecule is COc1cc(/C=C2\SC(=O)N(Cc3ccccc3C)C2=O)ccc1OCc1cccc2ccccc12. The van der Waals surface area contributed by atoms with E-state index in [2.05, 4.69) is 24.3 Å². The second-order valence-electron chi connectivity index (χ2n) is 8.53. The minimum atomic E-state index is -0.288. The number of carbonyl (C=O) groups excluding carboxylic acids is 2. The lowest BCUT2D eigenvalue weighted by Crippen LogP contribution is -2.27. The van der Waals surface area contributed by atoms with Crippen molar-refractivity contribution in [1.29, 1.82) is 0 Å². The van der Waals surface area contributed by atoms with Gasteiger partial charge >= 0.3 is 0 Å². The smallest absolute Gasteiger partial charge is 0.293 e. The summed E-state index contributed by atoms with van der Waals surface area (Å²) in [5.74, 6) is 0.877. The van der Waals surface area contributed by atoms with Crippen molar-refractivity contribution in [2.75, 3.05) is 7.11 Å². The van der Waals surface area contributed by atoms with Crippen LogP contribution in [0.5, 0.6) is 11.5 Å². The number of hydrogen-bond acceptors (Lipinski definition) is 5. The Labute approximate surface area is 214 Å². The Morgan fingerprint density at radius 3 is 2.44 bits per heavy atom. The molecule has 0 saturated carbocycles. The van der Waals surface area contributed by atoms with Crippen molar-refractivity contribution in [3.63, 3.8) is 0 Å². The topological polar surface area (TPSA) is 55.8 Å². The van der Waals surface area contributed by atoms with Gasteiger partial charge in [0.1, 0.15) is 6.61 Å². The fourth-order valence-corrected chi connectivity index (χ4v) is 5.05. The summed E-state index contributed by atoms with van der Waals surface area (Å²) in [6.45, 7) is 2.63. The zero-order valence-electron chi connectivity index (χ0n) is 20.1. The number of carbonyl (C=O) groups is 2. The number of imide groups is 1. The van der Waals surface area contributed by atoms with Crippen molar-refractivity contribution >= 4 is 39.8 Å². The first-order valence-electron chi connectivity index (χ1n) is 11.6. The van der Waals surface area contributed by atoms with Crippen molar-refractivity contribution in [3.8, 4) is 11.5 Å². The number of aryl methyl sites for hydroxylation is 1. The van der Waals surface area contributed by atoms with Gasteiger partial charge in [-0.05, 0) is 69.9 Å². The zero-order chi connectivity index (χ0) is 25.1. The number of fused-ring (bicyclic) bond motifs is 1. The first kappa shape index (κ1) is 23.7. The van der Waals surface area contributed by atoms with E-state index in [0.29, 0.717) is 23.0 Å². The van der Waals surface area contributed by atoms with Gasteiger partial charge in [0, 0.05) is 0 Å². The van der Waals surface area contributed by atoms with E-state index >= 15 is 0 Å². The average molecular weight is 496 g/mol. The maximum Gasteiger partial charge on any atom is 0.293 e. The quantitative estimate of drug-likeness (QED) is 0.259. The van der Waals surface area contributed by atoms with E-state index < -0.39 is 0 Å². The number of benzene rings is 4. The van der Waals surface area contributed by atoms with E-state index in [1.165, 1.54) is 4.90 Å². The van der Waals surface area contributed by atoms with Crippen LogP contribution in [0.4, 0.5) is 4.79 Å². The van der Waals surface area contributed by atoms with Gasteiger partial charge in [0.2, 0.25) is 0 Å². The predicted octanol–water partition coefficient (Wildman–Crippen LogP) is 6.97. The summed E-state index contributed by atoms with van der Waals surface area (Å²) in [5.41, 5.74) is 3.84. The molecule has 1 aliphatic rings. The Balaban J connectivity index is 1.33. The minimum absolute atomic E-state index is 0.263. The summed E-state index contributed by atoms with van der Waals surface area (Å²) in [6.07, 6.45) is 1.72. The fourth-order valence-electron chi connectivity index (χ4n) is 4.21. The second kappa shape index (κ2) is 10.3. The monoisotopic (exact) mass is 495 g/mol. The molecule has 180 valence electrons. The molecular formula is C30H25NO4S. The molecule has 0 atom stereocenters. The molecule has 1 heterocycles. The number of ether oxygens (including phenoxy) is 2. The van der Waals surface area contributed by atoms with E-state index in [4.69, 9.17) is 9.47 Å². The standard InChI is InChI=1S/C30H25NO4S/c1-20-8-3-4-10-23(20)18-31-29(32)28(36-30(31)33)17-21-14-15-26(27(16-21)34-2)35-19-24-12-7-11-22-9-5-6-13-25(22)24/h3-17H,18-19H2,1-2H3/b28-17-. The minimum Gasteiger partial charge on any atom is -0.493 e. The molecule has 0 aromatic heterocycles. The molecule has 5 nitrogen and oxygen atoms in total. The predicted molar refractivity (Wildman–Crippen MR) is 144 cm³/mol. The van der Waals surface area contributed by atoms with Crippen LogP contribution in [0, 0.1) is 6.92 Å². The van der Waals surface area contributed by atoms with Crippen molar-refractivity contribution in [3.05, 3.63) is 112 Å². The average Bonchev–Trinajstić information content (AvgIpc) is 3.16. The van der Waals surface area contributed by atoms with Crippen LogP contribution in [0.25, 0.3) is 16.8 Å². The number of amides is 2. The van der Waals surface area contributed by atoms with E-state index in [1.54, 1.807) is 13.2 Å². The lowest BCUT2D eigenvalue weighted by Gasteiger charge is -2.14. The number of hydrogen-bond donors (Lipinski definition) is 0. The van der Waals surface area contributed by atoms with Gasteiger partial charge in [-0.2, -0.15) is 0 Å². The summed E-state index contributed by atoms with van der Waals surface area (Å²) < 4.78 is 11.7. The van der Waals surface area contributed by atoms with Crippen LogP contribution in [0.1, 0.15) is 22.3 Å². The molecule has 4 aromatic rings. The molecule has 0 aliphatic carbocycles. The number of rotatable bonds is 7. The van der Waals surface area contributed by atoms with Crippen LogP contribution in [0.3, 0.4) is 0 Å². The highest BCUT2D eigenvalue weighted by atomic mass is 32.2. The summed E-state index contributed by atoms with van der Waals surface area (Å²) in [6, 6.07) is 27.6. The Morgan fingerprint density at radius 2 is 1.61 bits per heavy atom. The van der Waals surface area contributed by atoms with Crippen LogP contribution in [-0.2, 0) is 17.9 Å². The van der Waals surface area contributed by atoms with E-state index in [-0.39, 0.29) is 17.7 Å². The van der Waals surface area contributed by atoms with Gasteiger partial charge in [-0.25, -0.2) is 0 Å². The molecular weight excluding hydrogens is 470 g/mol. The Morgan fingerprint density at radius 1 is 0.861 bits per heavy atom. The first-order valence-corrected chi connectivity index (χ1v) is 12.4. The Hall–Kier alpha value is -4.03. The van der Waals surface area contributed by atoms with Crippen molar-refractivity contribution in [2.24, 2.45) is 0 Å². The fraction of sp³-hybridized carbons (Fsp3) is 0.133. The van der Waals surface area contributed by atoms with Crippen LogP contribution in [-0.4, -0.2) is 23.2 Å². The first-order chi connectivity index (χ1) is 17.5. The molecule has 2 amide bonds. The highest BCUT2D eigenvalue weighted by Crippen LogP contribution is 2.36. The molecule has 6 heteroatoms. The molecule has 0 radical (unpaired) electrons. The zero-order valence-corrected chi connectivity index (χ0v) is 20.9. The number of thioether (sulfide) groups is 1. The molecule has 1 fully saturated rings. The van der Waals surface area contributed by atoms with Crippen LogP contribution in [0.2, 0.25) is 0 Å². The summed E-state index contributed by atoms with van der Waals surface area (Å²) in [5, 5.41) is 2.05. The van der Waals surface area contributed by atoms with Crippen molar-refractivity contribution < 1.29 is 19.1 Å². The molecule has 5 rings (SSSR count). The van der Waals surface area contributed by atoms with Crippen LogP contribution in [0.15, 0.2) is 89.8 Å². The lowest BCUT2D eigenvalue weighted by atomic mass is 10.1. The molecule has 1 saturated heterocycles. The maximum atomic E-state index is 13.0. The molecule has 0 unspecified atom stereocenters. The lowest BCUT2D eigenvalue weighted by molar-refractivity contribution is -0.123. The Kier molecular flexibility index (Phi) is 6.78. The van der Waals surface area contributed by atoms with Crippen molar-refractivity contribution in [2.45, 2.75) is 20.1 Å². The molecule has 0 N–H and O–H groups in total. The normalized spacial score (nSPS) is 14.6. The number of nitrogens with zero attached hydrogens (tertiary/aromatic N) is 1.